The van der Waals surface area contributed by atoms with E-state index < -0.39 is 5.82 Å². The highest BCUT2D eigenvalue weighted by atomic mass is 35.5. The largest absolute Gasteiger partial charge is 0.389 e. The van der Waals surface area contributed by atoms with Crippen molar-refractivity contribution in [2.75, 3.05) is 11.9 Å². The molecule has 0 unspecified atom stereocenters. The number of thiocarbonyl (C=S) groups is 1. The summed E-state index contributed by atoms with van der Waals surface area (Å²) in [4.78, 5) is 2.35. The van der Waals surface area contributed by atoms with Crippen molar-refractivity contribution in [1.29, 1.82) is 0 Å². The average molecular weight is 309 g/mol. The van der Waals surface area contributed by atoms with Gasteiger partial charge in [0.1, 0.15) is 10.8 Å². The molecule has 20 heavy (non-hydrogen) atoms. The highest BCUT2D eigenvalue weighted by Gasteiger charge is 2.06. The maximum atomic E-state index is 13.4. The van der Waals surface area contributed by atoms with Crippen LogP contribution in [0.4, 0.5) is 10.1 Å². The summed E-state index contributed by atoms with van der Waals surface area (Å²) in [6.07, 6.45) is 0. The summed E-state index contributed by atoms with van der Waals surface area (Å²) in [5.41, 5.74) is 8.24. The van der Waals surface area contributed by atoms with Gasteiger partial charge in [-0.2, -0.15) is 0 Å². The van der Waals surface area contributed by atoms with Crippen LogP contribution in [0.5, 0.6) is 0 Å². The van der Waals surface area contributed by atoms with Gasteiger partial charge in [-0.25, -0.2) is 4.39 Å². The van der Waals surface area contributed by atoms with Gasteiger partial charge in [0.15, 0.2) is 0 Å². The fourth-order valence-electron chi connectivity index (χ4n) is 1.90. The molecule has 0 amide bonds. The van der Waals surface area contributed by atoms with Gasteiger partial charge in [-0.1, -0.05) is 42.0 Å². The van der Waals surface area contributed by atoms with E-state index in [2.05, 4.69) is 0 Å². The van der Waals surface area contributed by atoms with Crippen LogP contribution >= 0.6 is 23.8 Å². The molecule has 5 heteroatoms. The molecule has 0 aromatic heterocycles. The normalized spacial score (nSPS) is 10.3. The van der Waals surface area contributed by atoms with E-state index in [4.69, 9.17) is 29.6 Å². The predicted molar refractivity (Wildman–Crippen MR) is 85.8 cm³/mol. The molecule has 2 N–H and O–H groups in total. The van der Waals surface area contributed by atoms with E-state index in [9.17, 15) is 4.39 Å². The van der Waals surface area contributed by atoms with Gasteiger partial charge in [-0.3, -0.25) is 0 Å². The zero-order valence-corrected chi connectivity index (χ0v) is 12.5. The maximum absolute atomic E-state index is 13.4. The molecular formula is C15H14ClFN2S. The molecule has 0 aliphatic carbocycles. The molecule has 0 spiro atoms. The van der Waals surface area contributed by atoms with Crippen LogP contribution in [0.2, 0.25) is 5.02 Å². The molecule has 0 bridgehead atoms. The van der Waals surface area contributed by atoms with Crippen molar-refractivity contribution >= 4 is 34.5 Å². The van der Waals surface area contributed by atoms with E-state index in [1.165, 1.54) is 6.07 Å². The number of nitrogens with zero attached hydrogens (tertiary/aromatic N) is 1. The number of hydrogen-bond donors (Lipinski definition) is 1. The van der Waals surface area contributed by atoms with Crippen LogP contribution in [0.1, 0.15) is 11.1 Å². The lowest BCUT2D eigenvalue weighted by Crippen LogP contribution is -2.17. The first-order chi connectivity index (χ1) is 9.47. The molecule has 0 fully saturated rings. The SMILES string of the molecule is CN(Cc1ccc(Cl)c(F)c1)c1cccc(C(N)=S)c1. The summed E-state index contributed by atoms with van der Waals surface area (Å²) in [6.45, 7) is 0.564. The van der Waals surface area contributed by atoms with Gasteiger partial charge in [0.2, 0.25) is 0 Å². The standard InChI is InChI=1S/C15H14ClFN2S/c1-19(9-10-5-6-13(16)14(17)7-10)12-4-2-3-11(8-12)15(18)20/h2-8H,9H2,1H3,(H2,18,20). The molecule has 104 valence electrons. The van der Waals surface area contributed by atoms with Crippen LogP contribution < -0.4 is 10.6 Å². The Morgan fingerprint density at radius 3 is 2.70 bits per heavy atom. The second kappa shape index (κ2) is 6.20. The third-order valence-corrected chi connectivity index (χ3v) is 3.52. The molecule has 0 saturated heterocycles. The fourth-order valence-corrected chi connectivity index (χ4v) is 2.14. The molecule has 0 aliphatic heterocycles. The quantitative estimate of drug-likeness (QED) is 0.872. The van der Waals surface area contributed by atoms with Crippen LogP contribution in [0, 0.1) is 5.82 Å². The Hall–Kier alpha value is -1.65. The van der Waals surface area contributed by atoms with Crippen LogP contribution in [-0.4, -0.2) is 12.0 Å². The number of hydrogen-bond acceptors (Lipinski definition) is 2. The zero-order valence-electron chi connectivity index (χ0n) is 10.9. The number of anilines is 1. The van der Waals surface area contributed by atoms with Gasteiger partial charge >= 0.3 is 0 Å². The third kappa shape index (κ3) is 3.46. The molecule has 2 aromatic carbocycles. The summed E-state index contributed by atoms with van der Waals surface area (Å²) in [5, 5.41) is 0.131. The lowest BCUT2D eigenvalue weighted by molar-refractivity contribution is 0.625. The smallest absolute Gasteiger partial charge is 0.142 e. The molecule has 0 radical (unpaired) electrons. The topological polar surface area (TPSA) is 29.3 Å². The maximum Gasteiger partial charge on any atom is 0.142 e. The first-order valence-electron chi connectivity index (χ1n) is 6.02. The van der Waals surface area contributed by atoms with Gasteiger partial charge in [0.05, 0.1) is 5.02 Å². The molecule has 0 saturated carbocycles. The molecule has 2 rings (SSSR count). The molecular weight excluding hydrogens is 295 g/mol. The van der Waals surface area contributed by atoms with E-state index in [-0.39, 0.29) is 5.02 Å². The van der Waals surface area contributed by atoms with E-state index >= 15 is 0 Å². The predicted octanol–water partition coefficient (Wildman–Crippen LogP) is 3.75. The third-order valence-electron chi connectivity index (χ3n) is 2.98. The Kier molecular flexibility index (Phi) is 4.57. The summed E-state index contributed by atoms with van der Waals surface area (Å²) >= 11 is 10.6. The summed E-state index contributed by atoms with van der Waals surface area (Å²) < 4.78 is 13.4. The average Bonchev–Trinajstić information content (AvgIpc) is 2.43. The van der Waals surface area contributed by atoms with Crippen LogP contribution in [0.15, 0.2) is 42.5 Å². The first-order valence-corrected chi connectivity index (χ1v) is 6.81. The highest BCUT2D eigenvalue weighted by Crippen LogP contribution is 2.20. The molecule has 2 nitrogen and oxygen atoms in total. The van der Waals surface area contributed by atoms with Crippen molar-refractivity contribution in [3.63, 3.8) is 0 Å². The summed E-state index contributed by atoms with van der Waals surface area (Å²) in [7, 11) is 1.92. The minimum atomic E-state index is -0.408. The van der Waals surface area contributed by atoms with Crippen molar-refractivity contribution in [1.82, 2.24) is 0 Å². The lowest BCUT2D eigenvalue weighted by Gasteiger charge is -2.20. The Balaban J connectivity index is 2.19. The van der Waals surface area contributed by atoms with Gasteiger partial charge < -0.3 is 10.6 Å². The second-order valence-corrected chi connectivity index (χ2v) is 5.37. The highest BCUT2D eigenvalue weighted by molar-refractivity contribution is 7.80. The van der Waals surface area contributed by atoms with E-state index in [0.29, 0.717) is 11.5 Å². The van der Waals surface area contributed by atoms with E-state index in [1.54, 1.807) is 12.1 Å². The van der Waals surface area contributed by atoms with Crippen molar-refractivity contribution in [2.24, 2.45) is 5.73 Å². The Morgan fingerprint density at radius 2 is 2.05 bits per heavy atom. The van der Waals surface area contributed by atoms with Gasteiger partial charge in [-0.15, -0.1) is 0 Å². The van der Waals surface area contributed by atoms with Crippen molar-refractivity contribution in [3.8, 4) is 0 Å². The minimum Gasteiger partial charge on any atom is -0.389 e. The van der Waals surface area contributed by atoms with Crippen LogP contribution in [-0.2, 0) is 6.54 Å². The van der Waals surface area contributed by atoms with Crippen molar-refractivity contribution < 1.29 is 4.39 Å². The lowest BCUT2D eigenvalue weighted by atomic mass is 10.1. The van der Waals surface area contributed by atoms with Crippen LogP contribution in [0.3, 0.4) is 0 Å². The van der Waals surface area contributed by atoms with Gasteiger partial charge in [0.25, 0.3) is 0 Å². The number of nitrogens with two attached hydrogens (primary N) is 1. The van der Waals surface area contributed by atoms with Gasteiger partial charge in [-0.05, 0) is 29.8 Å². The van der Waals surface area contributed by atoms with Crippen LogP contribution in [0.25, 0.3) is 0 Å². The minimum absolute atomic E-state index is 0.131. The molecule has 0 aliphatic rings. The number of halogens is 2. The fraction of sp³-hybridized carbons (Fsp3) is 0.133. The van der Waals surface area contributed by atoms with Crippen molar-refractivity contribution in [3.05, 3.63) is 64.4 Å². The van der Waals surface area contributed by atoms with E-state index in [1.807, 2.05) is 36.2 Å². The Labute approximate surface area is 128 Å². The summed E-state index contributed by atoms with van der Waals surface area (Å²) in [6, 6.07) is 12.4. The Bertz CT molecular complexity index is 646. The number of rotatable bonds is 4. The van der Waals surface area contributed by atoms with Crippen molar-refractivity contribution in [2.45, 2.75) is 6.54 Å². The molecule has 2 aromatic rings. The number of benzene rings is 2. The first kappa shape index (κ1) is 14.8. The van der Waals surface area contributed by atoms with Gasteiger partial charge in [0, 0.05) is 24.8 Å². The molecule has 0 heterocycles. The summed E-state index contributed by atoms with van der Waals surface area (Å²) in [5.74, 6) is -0.408. The Morgan fingerprint density at radius 1 is 1.30 bits per heavy atom. The zero-order chi connectivity index (χ0) is 14.7. The van der Waals surface area contributed by atoms with E-state index in [0.717, 1.165) is 16.8 Å². The second-order valence-electron chi connectivity index (χ2n) is 4.52. The molecule has 0 atom stereocenters. The monoisotopic (exact) mass is 308 g/mol.